The topological polar surface area (TPSA) is 78.9 Å². The normalized spacial score (nSPS) is 17.5. The fraction of sp³-hybridized carbons (Fsp3) is 0.632. The molecule has 144 valence electrons. The molecule has 1 atom stereocenters. The van der Waals surface area contributed by atoms with Gasteiger partial charge in [-0.05, 0) is 26.3 Å². The molecule has 2 N–H and O–H groups in total. The van der Waals surface area contributed by atoms with Crippen molar-refractivity contribution in [3.8, 4) is 5.88 Å². The molecule has 1 aromatic heterocycles. The van der Waals surface area contributed by atoms with E-state index in [0.29, 0.717) is 19.0 Å². The lowest BCUT2D eigenvalue weighted by atomic mass is 10.2. The molecule has 0 radical (unpaired) electrons. The van der Waals surface area contributed by atoms with E-state index in [9.17, 15) is 4.79 Å². The first kappa shape index (κ1) is 20.0. The van der Waals surface area contributed by atoms with E-state index in [0.717, 1.165) is 37.6 Å². The molecule has 0 aliphatic carbocycles. The van der Waals surface area contributed by atoms with E-state index in [1.165, 1.54) is 0 Å². The Bertz CT molecular complexity index is 618. The first-order chi connectivity index (χ1) is 12.5. The second kappa shape index (κ2) is 9.99. The Labute approximate surface area is 156 Å². The zero-order chi connectivity index (χ0) is 18.9. The van der Waals surface area contributed by atoms with Crippen molar-refractivity contribution < 1.29 is 9.53 Å². The molecule has 0 bridgehead atoms. The van der Waals surface area contributed by atoms with Crippen molar-refractivity contribution in [2.24, 2.45) is 10.9 Å². The molecule has 2 rings (SSSR count). The van der Waals surface area contributed by atoms with Gasteiger partial charge in [-0.1, -0.05) is 19.9 Å². The fourth-order valence-corrected chi connectivity index (χ4v) is 2.93. The minimum Gasteiger partial charge on any atom is -0.478 e. The van der Waals surface area contributed by atoms with Crippen LogP contribution in [-0.2, 0) is 11.3 Å². The highest BCUT2D eigenvalue weighted by Crippen LogP contribution is 2.16. The summed E-state index contributed by atoms with van der Waals surface area (Å²) < 4.78 is 5.56. The van der Waals surface area contributed by atoms with Gasteiger partial charge in [-0.2, -0.15) is 0 Å². The molecule has 1 amide bonds. The maximum absolute atomic E-state index is 12.1. The minimum atomic E-state index is 0.0400. The number of carbonyl (C=O) groups is 1. The Hall–Kier alpha value is -2.31. The standard InChI is InChI=1S/C19H31N5O2/c1-5-20-19(22-12-15-8-7-10-21-17(15)26-6-2)23-16-9-11-24(13-16)18(25)14(3)4/h7-8,10,14,16H,5-6,9,11-13H2,1-4H3,(H2,20,22,23). The molecule has 0 spiro atoms. The van der Waals surface area contributed by atoms with Crippen molar-refractivity contribution in [1.29, 1.82) is 0 Å². The molecule has 2 heterocycles. The molecule has 1 aromatic rings. The zero-order valence-electron chi connectivity index (χ0n) is 16.3. The Morgan fingerprint density at radius 2 is 2.27 bits per heavy atom. The number of ether oxygens (including phenoxy) is 1. The molecule has 1 aliphatic heterocycles. The Kier molecular flexibility index (Phi) is 7.69. The Balaban J connectivity index is 1.98. The van der Waals surface area contributed by atoms with Gasteiger partial charge in [0, 0.05) is 43.4 Å². The molecular weight excluding hydrogens is 330 g/mol. The van der Waals surface area contributed by atoms with Gasteiger partial charge in [-0.25, -0.2) is 9.98 Å². The SMILES string of the molecule is CCNC(=NCc1cccnc1OCC)NC1CCN(C(=O)C(C)C)C1. The highest BCUT2D eigenvalue weighted by molar-refractivity contribution is 5.81. The van der Waals surface area contributed by atoms with E-state index in [-0.39, 0.29) is 17.9 Å². The summed E-state index contributed by atoms with van der Waals surface area (Å²) >= 11 is 0. The molecule has 7 nitrogen and oxygen atoms in total. The quantitative estimate of drug-likeness (QED) is 0.572. The summed E-state index contributed by atoms with van der Waals surface area (Å²) in [6.45, 7) is 11.2. The number of pyridine rings is 1. The van der Waals surface area contributed by atoms with Crippen molar-refractivity contribution in [3.05, 3.63) is 23.9 Å². The number of nitrogens with zero attached hydrogens (tertiary/aromatic N) is 3. The van der Waals surface area contributed by atoms with Crippen molar-refractivity contribution in [2.75, 3.05) is 26.2 Å². The number of hydrogen-bond acceptors (Lipinski definition) is 4. The van der Waals surface area contributed by atoms with Crippen LogP contribution in [0.3, 0.4) is 0 Å². The summed E-state index contributed by atoms with van der Waals surface area (Å²) in [6.07, 6.45) is 2.65. The Morgan fingerprint density at radius 1 is 1.46 bits per heavy atom. The molecule has 0 aromatic carbocycles. The lowest BCUT2D eigenvalue weighted by molar-refractivity contribution is -0.133. The van der Waals surface area contributed by atoms with Crippen LogP contribution in [-0.4, -0.2) is 54.0 Å². The van der Waals surface area contributed by atoms with Gasteiger partial charge >= 0.3 is 0 Å². The predicted molar refractivity (Wildman–Crippen MR) is 103 cm³/mol. The highest BCUT2D eigenvalue weighted by atomic mass is 16.5. The molecule has 1 saturated heterocycles. The average molecular weight is 361 g/mol. The van der Waals surface area contributed by atoms with E-state index >= 15 is 0 Å². The van der Waals surface area contributed by atoms with Gasteiger partial charge in [-0.3, -0.25) is 4.79 Å². The van der Waals surface area contributed by atoms with Gasteiger partial charge in [0.15, 0.2) is 5.96 Å². The number of aliphatic imine (C=N–C) groups is 1. The number of likely N-dealkylation sites (tertiary alicyclic amines) is 1. The van der Waals surface area contributed by atoms with E-state index in [4.69, 9.17) is 4.74 Å². The van der Waals surface area contributed by atoms with Crippen molar-refractivity contribution in [2.45, 2.75) is 46.7 Å². The number of amides is 1. The third-order valence-electron chi connectivity index (χ3n) is 4.22. The number of rotatable bonds is 7. The summed E-state index contributed by atoms with van der Waals surface area (Å²) in [7, 11) is 0. The van der Waals surface area contributed by atoms with Gasteiger partial charge in [0.1, 0.15) is 0 Å². The Morgan fingerprint density at radius 3 is 2.96 bits per heavy atom. The second-order valence-corrected chi connectivity index (χ2v) is 6.66. The van der Waals surface area contributed by atoms with E-state index in [1.54, 1.807) is 6.20 Å². The van der Waals surface area contributed by atoms with E-state index in [2.05, 4.69) is 20.6 Å². The van der Waals surface area contributed by atoms with Crippen LogP contribution < -0.4 is 15.4 Å². The summed E-state index contributed by atoms with van der Waals surface area (Å²) in [5.74, 6) is 1.64. The van der Waals surface area contributed by atoms with Crippen LogP contribution in [0.25, 0.3) is 0 Å². The van der Waals surface area contributed by atoms with Gasteiger partial charge < -0.3 is 20.3 Å². The summed E-state index contributed by atoms with van der Waals surface area (Å²) in [5.41, 5.74) is 0.953. The smallest absolute Gasteiger partial charge is 0.225 e. The molecular formula is C19H31N5O2. The average Bonchev–Trinajstić information content (AvgIpc) is 3.09. The van der Waals surface area contributed by atoms with Crippen LogP contribution in [0.15, 0.2) is 23.3 Å². The fourth-order valence-electron chi connectivity index (χ4n) is 2.93. The maximum atomic E-state index is 12.1. The highest BCUT2D eigenvalue weighted by Gasteiger charge is 2.27. The van der Waals surface area contributed by atoms with Gasteiger partial charge in [0.05, 0.1) is 13.2 Å². The van der Waals surface area contributed by atoms with Gasteiger partial charge in [-0.15, -0.1) is 0 Å². The van der Waals surface area contributed by atoms with Crippen molar-refractivity contribution >= 4 is 11.9 Å². The van der Waals surface area contributed by atoms with Crippen molar-refractivity contribution in [1.82, 2.24) is 20.5 Å². The van der Waals surface area contributed by atoms with Gasteiger partial charge in [0.2, 0.25) is 11.8 Å². The largest absolute Gasteiger partial charge is 0.478 e. The molecule has 1 aliphatic rings. The van der Waals surface area contributed by atoms with Crippen LogP contribution in [0.1, 0.15) is 39.7 Å². The lowest BCUT2D eigenvalue weighted by Crippen LogP contribution is -2.45. The third kappa shape index (κ3) is 5.61. The van der Waals surface area contributed by atoms with Crippen LogP contribution in [0.2, 0.25) is 0 Å². The van der Waals surface area contributed by atoms with E-state index in [1.807, 2.05) is 44.7 Å². The third-order valence-corrected chi connectivity index (χ3v) is 4.22. The number of aromatic nitrogens is 1. The first-order valence-electron chi connectivity index (χ1n) is 9.45. The second-order valence-electron chi connectivity index (χ2n) is 6.66. The van der Waals surface area contributed by atoms with E-state index < -0.39 is 0 Å². The molecule has 7 heteroatoms. The molecule has 0 saturated carbocycles. The minimum absolute atomic E-state index is 0.0400. The van der Waals surface area contributed by atoms with Crippen LogP contribution in [0.5, 0.6) is 5.88 Å². The lowest BCUT2D eigenvalue weighted by Gasteiger charge is -2.20. The maximum Gasteiger partial charge on any atom is 0.225 e. The van der Waals surface area contributed by atoms with Crippen molar-refractivity contribution in [3.63, 3.8) is 0 Å². The van der Waals surface area contributed by atoms with Crippen LogP contribution in [0.4, 0.5) is 0 Å². The predicted octanol–water partition coefficient (Wildman–Crippen LogP) is 1.79. The number of guanidine groups is 1. The monoisotopic (exact) mass is 361 g/mol. The molecule has 1 fully saturated rings. The first-order valence-corrected chi connectivity index (χ1v) is 9.45. The van der Waals surface area contributed by atoms with Crippen LogP contribution >= 0.6 is 0 Å². The summed E-state index contributed by atoms with van der Waals surface area (Å²) in [4.78, 5) is 23.0. The number of hydrogen-bond donors (Lipinski definition) is 2. The molecule has 1 unspecified atom stereocenters. The summed E-state index contributed by atoms with van der Waals surface area (Å²) in [6, 6.07) is 4.08. The van der Waals surface area contributed by atoms with Crippen LogP contribution in [0, 0.1) is 5.92 Å². The number of nitrogens with one attached hydrogen (secondary N) is 2. The zero-order valence-corrected chi connectivity index (χ0v) is 16.3. The number of carbonyl (C=O) groups excluding carboxylic acids is 1. The molecule has 26 heavy (non-hydrogen) atoms. The van der Waals surface area contributed by atoms with Gasteiger partial charge in [0.25, 0.3) is 0 Å². The summed E-state index contributed by atoms with van der Waals surface area (Å²) in [5, 5.41) is 6.72.